The van der Waals surface area contributed by atoms with E-state index in [1.807, 2.05) is 0 Å². The number of amides is 1. The summed E-state index contributed by atoms with van der Waals surface area (Å²) in [7, 11) is -4.07. The molecule has 0 spiro atoms. The monoisotopic (exact) mass is 422 g/mol. The van der Waals surface area contributed by atoms with E-state index in [0.717, 1.165) is 9.87 Å². The molecule has 3 rings (SSSR count). The molecule has 29 heavy (non-hydrogen) atoms. The van der Waals surface area contributed by atoms with Crippen molar-refractivity contribution in [1.29, 1.82) is 0 Å². The van der Waals surface area contributed by atoms with E-state index in [9.17, 15) is 22.4 Å². The highest BCUT2D eigenvalue weighted by Gasteiger charge is 2.40. The van der Waals surface area contributed by atoms with Gasteiger partial charge in [0.25, 0.3) is 5.91 Å². The van der Waals surface area contributed by atoms with Crippen molar-refractivity contribution < 1.29 is 32.3 Å². The smallest absolute Gasteiger partial charge is 0.262 e. The summed E-state index contributed by atoms with van der Waals surface area (Å²) in [6.07, 6.45) is -0.308. The Balaban J connectivity index is 1.74. The van der Waals surface area contributed by atoms with Crippen LogP contribution in [-0.2, 0) is 26.2 Å². The number of ether oxygens (including phenoxy) is 1. The molecular formula is C19H19FN2O6S. The van der Waals surface area contributed by atoms with Gasteiger partial charge in [0, 0.05) is 19.4 Å². The van der Waals surface area contributed by atoms with Gasteiger partial charge in [0.1, 0.15) is 30.0 Å². The van der Waals surface area contributed by atoms with Crippen molar-refractivity contribution in [3.8, 4) is 5.75 Å². The summed E-state index contributed by atoms with van der Waals surface area (Å²) in [5.41, 5.74) is 2.16. The lowest BCUT2D eigenvalue weighted by Gasteiger charge is -2.32. The van der Waals surface area contributed by atoms with Crippen LogP contribution in [0, 0.1) is 5.82 Å². The van der Waals surface area contributed by atoms with Gasteiger partial charge in [0.05, 0.1) is 4.90 Å². The van der Waals surface area contributed by atoms with Gasteiger partial charge in [-0.3, -0.25) is 14.8 Å². The van der Waals surface area contributed by atoms with E-state index < -0.39 is 22.0 Å². The minimum atomic E-state index is -4.07. The van der Waals surface area contributed by atoms with Gasteiger partial charge in [0.15, 0.2) is 0 Å². The number of hydrogen-bond donors (Lipinski definition) is 2. The van der Waals surface area contributed by atoms with E-state index in [1.165, 1.54) is 41.9 Å². The molecule has 1 fully saturated rings. The molecule has 2 N–H and O–H groups in total. The number of piperidine rings is 1. The zero-order valence-corrected chi connectivity index (χ0v) is 16.1. The average molecular weight is 422 g/mol. The molecule has 1 amide bonds. The molecule has 10 heteroatoms. The van der Waals surface area contributed by atoms with E-state index in [4.69, 9.17) is 9.94 Å². The number of sulfonamides is 1. The first-order valence-electron chi connectivity index (χ1n) is 8.76. The number of Topliss-reactive ketones (excluding diaryl/α,β-unsaturated/α-hetero) is 1. The van der Waals surface area contributed by atoms with E-state index >= 15 is 0 Å². The number of carbonyl (C=O) groups excluding carboxylic acids is 2. The summed E-state index contributed by atoms with van der Waals surface area (Å²) in [4.78, 5) is 23.4. The Labute approximate surface area is 166 Å². The van der Waals surface area contributed by atoms with Crippen LogP contribution in [0.2, 0.25) is 0 Å². The Morgan fingerprint density at radius 2 is 1.83 bits per heavy atom. The third-order valence-electron chi connectivity index (χ3n) is 4.54. The molecule has 2 aromatic rings. The van der Waals surface area contributed by atoms with E-state index in [-0.39, 0.29) is 42.5 Å². The summed E-state index contributed by atoms with van der Waals surface area (Å²) < 4.78 is 45.2. The molecule has 154 valence electrons. The second-order valence-corrected chi connectivity index (χ2v) is 8.38. The molecule has 8 nitrogen and oxygen atoms in total. The fourth-order valence-corrected chi connectivity index (χ4v) is 4.57. The normalized spacial score (nSPS) is 17.7. The third-order valence-corrected chi connectivity index (χ3v) is 6.46. The number of ketones is 1. The van der Waals surface area contributed by atoms with Gasteiger partial charge in [-0.05, 0) is 42.0 Å². The highest BCUT2D eigenvalue weighted by atomic mass is 32.2. The lowest BCUT2D eigenvalue weighted by Crippen LogP contribution is -2.53. The SMILES string of the molecule is O=C1CCN(S(=O)(=O)c2ccc(OCc3ccc(F)cc3)cc2)[C@@H](C(=O)NO)C1. The molecule has 1 aliphatic rings. The molecule has 1 heterocycles. The summed E-state index contributed by atoms with van der Waals surface area (Å²) in [6.45, 7) is 0.0292. The van der Waals surface area contributed by atoms with Crippen LogP contribution in [0.1, 0.15) is 18.4 Å². The van der Waals surface area contributed by atoms with Crippen LogP contribution in [0.5, 0.6) is 5.75 Å². The van der Waals surface area contributed by atoms with Gasteiger partial charge < -0.3 is 4.74 Å². The molecule has 0 bridgehead atoms. The van der Waals surface area contributed by atoms with Crippen LogP contribution in [-0.4, -0.2) is 42.2 Å². The number of carbonyl (C=O) groups is 2. The van der Waals surface area contributed by atoms with Crippen molar-refractivity contribution in [2.24, 2.45) is 0 Å². The average Bonchev–Trinajstić information content (AvgIpc) is 2.72. The molecule has 0 saturated carbocycles. The first-order chi connectivity index (χ1) is 13.8. The quantitative estimate of drug-likeness (QED) is 0.541. The molecule has 0 radical (unpaired) electrons. The van der Waals surface area contributed by atoms with Gasteiger partial charge in [-0.2, -0.15) is 4.31 Å². The fraction of sp³-hybridized carbons (Fsp3) is 0.263. The number of halogens is 1. The minimum absolute atomic E-state index is 0.00664. The fourth-order valence-electron chi connectivity index (χ4n) is 2.99. The van der Waals surface area contributed by atoms with Gasteiger partial charge in [-0.25, -0.2) is 18.3 Å². The highest BCUT2D eigenvalue weighted by Crippen LogP contribution is 2.26. The molecule has 1 atom stereocenters. The molecular weight excluding hydrogens is 403 g/mol. The summed E-state index contributed by atoms with van der Waals surface area (Å²) >= 11 is 0. The Morgan fingerprint density at radius 1 is 1.17 bits per heavy atom. The van der Waals surface area contributed by atoms with Gasteiger partial charge in [-0.1, -0.05) is 12.1 Å². The Hall–Kier alpha value is -2.82. The van der Waals surface area contributed by atoms with Crippen LogP contribution >= 0.6 is 0 Å². The van der Waals surface area contributed by atoms with Crippen LogP contribution in [0.3, 0.4) is 0 Å². The molecule has 0 aromatic heterocycles. The maximum Gasteiger partial charge on any atom is 0.262 e. The largest absolute Gasteiger partial charge is 0.489 e. The number of nitrogens with one attached hydrogen (secondary N) is 1. The molecule has 1 aliphatic heterocycles. The third kappa shape index (κ3) is 4.78. The first-order valence-corrected chi connectivity index (χ1v) is 10.2. The molecule has 0 unspecified atom stereocenters. The van der Waals surface area contributed by atoms with Gasteiger partial charge in [-0.15, -0.1) is 0 Å². The zero-order valence-electron chi connectivity index (χ0n) is 15.2. The Morgan fingerprint density at radius 3 is 2.45 bits per heavy atom. The van der Waals surface area contributed by atoms with Crippen molar-refractivity contribution in [3.05, 3.63) is 59.9 Å². The second kappa shape index (κ2) is 8.68. The van der Waals surface area contributed by atoms with Crippen molar-refractivity contribution in [3.63, 3.8) is 0 Å². The predicted octanol–water partition coefficient (Wildman–Crippen LogP) is 1.63. The van der Waals surface area contributed by atoms with Crippen LogP contribution < -0.4 is 10.2 Å². The number of rotatable bonds is 6. The van der Waals surface area contributed by atoms with E-state index in [2.05, 4.69) is 0 Å². The van der Waals surface area contributed by atoms with Crippen molar-refractivity contribution >= 4 is 21.7 Å². The molecule has 1 saturated heterocycles. The number of hydrogen-bond acceptors (Lipinski definition) is 6. The van der Waals surface area contributed by atoms with Gasteiger partial charge >= 0.3 is 0 Å². The molecule has 0 aliphatic carbocycles. The van der Waals surface area contributed by atoms with Crippen molar-refractivity contribution in [2.75, 3.05) is 6.54 Å². The maximum atomic E-state index is 12.9. The number of hydroxylamine groups is 1. The summed E-state index contributed by atoms with van der Waals surface area (Å²) in [5.74, 6) is -1.15. The van der Waals surface area contributed by atoms with Crippen molar-refractivity contribution in [1.82, 2.24) is 9.79 Å². The lowest BCUT2D eigenvalue weighted by atomic mass is 10.0. The summed E-state index contributed by atoms with van der Waals surface area (Å²) in [5, 5.41) is 8.86. The maximum absolute atomic E-state index is 12.9. The van der Waals surface area contributed by atoms with Crippen LogP contribution in [0.15, 0.2) is 53.4 Å². The summed E-state index contributed by atoms with van der Waals surface area (Å²) in [6, 6.07) is 10.1. The van der Waals surface area contributed by atoms with Crippen molar-refractivity contribution in [2.45, 2.75) is 30.4 Å². The standard InChI is InChI=1S/C19H19FN2O6S/c20-14-3-1-13(2-4-14)12-28-16-5-7-17(8-6-16)29(26,27)22-10-9-15(23)11-18(22)19(24)21-25/h1-8,18,25H,9-12H2,(H,21,24)/t18-/m1/s1. The van der Waals surface area contributed by atoms with E-state index in [1.54, 1.807) is 12.1 Å². The number of nitrogens with zero attached hydrogens (tertiary/aromatic N) is 1. The zero-order chi connectivity index (χ0) is 21.0. The predicted molar refractivity (Wildman–Crippen MR) is 99.0 cm³/mol. The van der Waals surface area contributed by atoms with E-state index in [0.29, 0.717) is 5.75 Å². The Kier molecular flexibility index (Phi) is 6.26. The minimum Gasteiger partial charge on any atom is -0.489 e. The second-order valence-electron chi connectivity index (χ2n) is 6.49. The topological polar surface area (TPSA) is 113 Å². The number of benzene rings is 2. The lowest BCUT2D eigenvalue weighted by molar-refractivity contribution is -0.137. The Bertz CT molecular complexity index is 992. The van der Waals surface area contributed by atoms with Crippen LogP contribution in [0.4, 0.5) is 4.39 Å². The van der Waals surface area contributed by atoms with Gasteiger partial charge in [0.2, 0.25) is 10.0 Å². The van der Waals surface area contributed by atoms with Crippen LogP contribution in [0.25, 0.3) is 0 Å². The highest BCUT2D eigenvalue weighted by molar-refractivity contribution is 7.89. The first kappa shape index (κ1) is 20.9. The molecule has 2 aromatic carbocycles.